The molecule has 3 rings (SSSR count). The van der Waals surface area contributed by atoms with Gasteiger partial charge in [0, 0.05) is 5.92 Å². The average Bonchev–Trinajstić information content (AvgIpc) is 2.46. The molecule has 1 nitrogen and oxygen atoms in total. The Bertz CT molecular complexity index is 530. The van der Waals surface area contributed by atoms with Gasteiger partial charge in [-0.2, -0.15) is 5.26 Å². The van der Waals surface area contributed by atoms with Crippen molar-refractivity contribution in [3.63, 3.8) is 0 Å². The van der Waals surface area contributed by atoms with Crippen molar-refractivity contribution >= 4 is 0 Å². The summed E-state index contributed by atoms with van der Waals surface area (Å²) in [6.45, 7) is 0. The van der Waals surface area contributed by atoms with E-state index in [1.54, 1.807) is 0 Å². The van der Waals surface area contributed by atoms with E-state index in [-0.39, 0.29) is 11.8 Å². The van der Waals surface area contributed by atoms with Crippen LogP contribution in [-0.4, -0.2) is 0 Å². The molecule has 1 aromatic rings. The van der Waals surface area contributed by atoms with E-state index >= 15 is 0 Å². The Hall–Kier alpha value is -1.81. The summed E-state index contributed by atoms with van der Waals surface area (Å²) in [5, 5.41) is 9.39. The second-order valence-electron chi connectivity index (χ2n) is 5.18. The fraction of sp³-hybridized carbons (Fsp3) is 0.353. The van der Waals surface area contributed by atoms with E-state index in [9.17, 15) is 5.26 Å². The van der Waals surface area contributed by atoms with E-state index in [1.807, 2.05) is 6.07 Å². The molecule has 2 aliphatic rings. The van der Waals surface area contributed by atoms with Gasteiger partial charge < -0.3 is 0 Å². The summed E-state index contributed by atoms with van der Waals surface area (Å²) in [5.74, 6) is 0.247. The minimum Gasteiger partial charge on any atom is -0.198 e. The Morgan fingerprint density at radius 2 is 1.61 bits per heavy atom. The maximum absolute atomic E-state index is 9.39. The van der Waals surface area contributed by atoms with Crippen LogP contribution in [0.25, 0.3) is 0 Å². The molecule has 0 amide bonds. The fourth-order valence-corrected chi connectivity index (χ4v) is 3.07. The fourth-order valence-electron chi connectivity index (χ4n) is 3.07. The van der Waals surface area contributed by atoms with E-state index in [1.165, 1.54) is 36.0 Å². The minimum atomic E-state index is 0.00394. The van der Waals surface area contributed by atoms with Gasteiger partial charge >= 0.3 is 0 Å². The van der Waals surface area contributed by atoms with Gasteiger partial charge in [0.05, 0.1) is 12.0 Å². The molecule has 1 saturated carbocycles. The van der Waals surface area contributed by atoms with E-state index in [0.29, 0.717) is 0 Å². The van der Waals surface area contributed by atoms with E-state index in [2.05, 4.69) is 42.5 Å². The Kier molecular flexibility index (Phi) is 3.02. The largest absolute Gasteiger partial charge is 0.198 e. The van der Waals surface area contributed by atoms with Crippen LogP contribution < -0.4 is 0 Å². The van der Waals surface area contributed by atoms with E-state index in [0.717, 1.165) is 6.42 Å². The summed E-state index contributed by atoms with van der Waals surface area (Å²) in [6.07, 6.45) is 9.47. The molecule has 0 aromatic heterocycles. The van der Waals surface area contributed by atoms with Crippen molar-refractivity contribution in [3.05, 3.63) is 59.2 Å². The quantitative estimate of drug-likeness (QED) is 0.710. The number of allylic oxidation sites excluding steroid dienone is 4. The van der Waals surface area contributed by atoms with Gasteiger partial charge in [0.1, 0.15) is 0 Å². The van der Waals surface area contributed by atoms with Crippen LogP contribution in [0.4, 0.5) is 0 Å². The normalized spacial score (nSPS) is 26.6. The zero-order valence-electron chi connectivity index (χ0n) is 10.5. The van der Waals surface area contributed by atoms with Gasteiger partial charge in [0.15, 0.2) is 0 Å². The Morgan fingerprint density at radius 3 is 2.28 bits per heavy atom. The molecule has 0 bridgehead atoms. The first-order valence-corrected chi connectivity index (χ1v) is 6.75. The first-order chi connectivity index (χ1) is 8.88. The third-order valence-corrected chi connectivity index (χ3v) is 4.04. The van der Waals surface area contributed by atoms with Crippen molar-refractivity contribution in [1.82, 2.24) is 0 Å². The van der Waals surface area contributed by atoms with Crippen molar-refractivity contribution in [2.24, 2.45) is 5.92 Å². The summed E-state index contributed by atoms with van der Waals surface area (Å²) in [4.78, 5) is 0. The van der Waals surface area contributed by atoms with Gasteiger partial charge in [-0.05, 0) is 42.4 Å². The highest BCUT2D eigenvalue weighted by atomic mass is 14.3. The van der Waals surface area contributed by atoms with Gasteiger partial charge in [0.2, 0.25) is 0 Å². The molecular formula is C17H17N. The Balaban J connectivity index is 1.98. The smallest absolute Gasteiger partial charge is 0.0752 e. The lowest BCUT2D eigenvalue weighted by Gasteiger charge is -2.28. The highest BCUT2D eigenvalue weighted by Gasteiger charge is 2.26. The molecular weight excluding hydrogens is 218 g/mol. The van der Waals surface area contributed by atoms with Crippen LogP contribution in [0.15, 0.2) is 53.6 Å². The molecule has 0 heterocycles. The highest BCUT2D eigenvalue weighted by molar-refractivity contribution is 5.44. The van der Waals surface area contributed by atoms with Crippen LogP contribution in [-0.2, 0) is 0 Å². The molecule has 0 spiro atoms. The molecule has 0 N–H and O–H groups in total. The minimum absolute atomic E-state index is 0.00394. The predicted molar refractivity (Wildman–Crippen MR) is 72.9 cm³/mol. The van der Waals surface area contributed by atoms with E-state index in [4.69, 9.17) is 0 Å². The number of benzene rings is 1. The molecule has 0 aliphatic heterocycles. The summed E-state index contributed by atoms with van der Waals surface area (Å²) in [7, 11) is 0. The van der Waals surface area contributed by atoms with Crippen LogP contribution in [0.3, 0.4) is 0 Å². The second-order valence-corrected chi connectivity index (χ2v) is 5.18. The highest BCUT2D eigenvalue weighted by Crippen LogP contribution is 2.40. The molecule has 1 fully saturated rings. The Labute approximate surface area is 108 Å². The molecule has 2 unspecified atom stereocenters. The standard InChI is InChI=1S/C17H17N/c18-12-16-10-14-8-4-5-9-15(14)11-17(16)13-6-2-1-3-7-13/h1-3,6-7,10-11,16-17H,4-5,8-9H2. The molecule has 18 heavy (non-hydrogen) atoms. The van der Waals surface area contributed by atoms with Gasteiger partial charge in [-0.25, -0.2) is 0 Å². The summed E-state index contributed by atoms with van der Waals surface area (Å²) in [5.41, 5.74) is 4.18. The maximum atomic E-state index is 9.39. The molecule has 1 aromatic carbocycles. The van der Waals surface area contributed by atoms with Crippen molar-refractivity contribution in [2.45, 2.75) is 31.6 Å². The van der Waals surface area contributed by atoms with Gasteiger partial charge in [-0.1, -0.05) is 42.5 Å². The Morgan fingerprint density at radius 1 is 0.944 bits per heavy atom. The zero-order chi connectivity index (χ0) is 12.4. The first-order valence-electron chi connectivity index (χ1n) is 6.75. The number of hydrogen-bond acceptors (Lipinski definition) is 1. The number of rotatable bonds is 1. The van der Waals surface area contributed by atoms with Crippen molar-refractivity contribution in [3.8, 4) is 6.07 Å². The van der Waals surface area contributed by atoms with Crippen LogP contribution in [0.2, 0.25) is 0 Å². The third kappa shape index (κ3) is 1.99. The SMILES string of the molecule is N#CC1C=C2CCCCC2=CC1c1ccccc1. The van der Waals surface area contributed by atoms with Crippen molar-refractivity contribution in [2.75, 3.05) is 0 Å². The third-order valence-electron chi connectivity index (χ3n) is 4.04. The van der Waals surface area contributed by atoms with Gasteiger partial charge in [-0.15, -0.1) is 0 Å². The van der Waals surface area contributed by atoms with Gasteiger partial charge in [0.25, 0.3) is 0 Å². The monoisotopic (exact) mass is 235 g/mol. The van der Waals surface area contributed by atoms with Crippen LogP contribution >= 0.6 is 0 Å². The molecule has 0 saturated heterocycles. The average molecular weight is 235 g/mol. The summed E-state index contributed by atoms with van der Waals surface area (Å²) in [6, 6.07) is 12.9. The number of hydrogen-bond donors (Lipinski definition) is 0. The molecule has 90 valence electrons. The lowest BCUT2D eigenvalue weighted by atomic mass is 9.75. The number of nitriles is 1. The predicted octanol–water partition coefficient (Wildman–Crippen LogP) is 4.35. The zero-order valence-corrected chi connectivity index (χ0v) is 10.5. The molecule has 0 radical (unpaired) electrons. The number of fused-ring (bicyclic) bond motifs is 1. The second kappa shape index (κ2) is 4.82. The molecule has 2 atom stereocenters. The lowest BCUT2D eigenvalue weighted by molar-refractivity contribution is 0.623. The molecule has 2 aliphatic carbocycles. The summed E-state index contributed by atoms with van der Waals surface area (Å²) >= 11 is 0. The van der Waals surface area contributed by atoms with Gasteiger partial charge in [-0.3, -0.25) is 0 Å². The van der Waals surface area contributed by atoms with Crippen LogP contribution in [0, 0.1) is 17.2 Å². The summed E-state index contributed by atoms with van der Waals surface area (Å²) < 4.78 is 0. The lowest BCUT2D eigenvalue weighted by Crippen LogP contribution is -2.15. The van der Waals surface area contributed by atoms with Crippen molar-refractivity contribution in [1.29, 1.82) is 5.26 Å². The van der Waals surface area contributed by atoms with E-state index < -0.39 is 0 Å². The first kappa shape index (κ1) is 11.3. The molecule has 1 heteroatoms. The number of nitrogens with zero attached hydrogens (tertiary/aromatic N) is 1. The maximum Gasteiger partial charge on any atom is 0.0752 e. The van der Waals surface area contributed by atoms with Crippen molar-refractivity contribution < 1.29 is 0 Å². The van der Waals surface area contributed by atoms with Crippen LogP contribution in [0.5, 0.6) is 0 Å². The van der Waals surface area contributed by atoms with Crippen LogP contribution in [0.1, 0.15) is 37.2 Å². The topological polar surface area (TPSA) is 23.8 Å².